The Morgan fingerprint density at radius 3 is 3.19 bits per heavy atom. The van der Waals surface area contributed by atoms with Gasteiger partial charge in [0.05, 0.1) is 12.6 Å². The van der Waals surface area contributed by atoms with E-state index in [-0.39, 0.29) is 6.04 Å². The quantitative estimate of drug-likeness (QED) is 0.878. The average Bonchev–Trinajstić information content (AvgIpc) is 2.61. The lowest BCUT2D eigenvalue weighted by Crippen LogP contribution is -2.34. The van der Waals surface area contributed by atoms with Gasteiger partial charge >= 0.3 is 0 Å². The lowest BCUT2D eigenvalue weighted by atomic mass is 10.1. The zero-order chi connectivity index (χ0) is 11.5. The van der Waals surface area contributed by atoms with E-state index in [9.17, 15) is 0 Å². The summed E-state index contributed by atoms with van der Waals surface area (Å²) in [6.45, 7) is 3.43. The molecule has 1 heterocycles. The molecule has 1 aliphatic heterocycles. The summed E-state index contributed by atoms with van der Waals surface area (Å²) in [5.74, 6) is 0.923. The van der Waals surface area contributed by atoms with Crippen LogP contribution in [-0.2, 0) is 4.74 Å². The van der Waals surface area contributed by atoms with Crippen LogP contribution in [0.4, 0.5) is 0 Å². The summed E-state index contributed by atoms with van der Waals surface area (Å²) in [6.07, 6.45) is 0. The summed E-state index contributed by atoms with van der Waals surface area (Å²) in [5.41, 5.74) is 1.13. The number of fused-ring (bicyclic) bond motifs is 1. The molecular weight excluding hydrogens is 226 g/mol. The minimum Gasteiger partial charge on any atom is -0.491 e. The van der Waals surface area contributed by atoms with Gasteiger partial charge in [-0.15, -0.1) is 0 Å². The molecule has 2 atom stereocenters. The summed E-state index contributed by atoms with van der Waals surface area (Å²) in [6, 6.07) is 6.23. The van der Waals surface area contributed by atoms with Gasteiger partial charge in [-0.3, -0.25) is 0 Å². The predicted octanol–water partition coefficient (Wildman–Crippen LogP) is 2.40. The van der Waals surface area contributed by atoms with Crippen molar-refractivity contribution in [2.24, 2.45) is 0 Å². The molecule has 2 unspecified atom stereocenters. The smallest absolute Gasteiger partial charge is 0.124 e. The summed E-state index contributed by atoms with van der Waals surface area (Å²) in [5, 5.41) is 4.20. The molecule has 0 saturated carbocycles. The Morgan fingerprint density at radius 1 is 1.62 bits per heavy atom. The molecule has 2 rings (SSSR count). The minimum absolute atomic E-state index is 0.207. The first-order valence-electron chi connectivity index (χ1n) is 5.38. The van der Waals surface area contributed by atoms with Gasteiger partial charge in [0.2, 0.25) is 0 Å². The van der Waals surface area contributed by atoms with E-state index in [1.807, 2.05) is 18.2 Å². The molecule has 0 aromatic heterocycles. The van der Waals surface area contributed by atoms with E-state index in [4.69, 9.17) is 21.1 Å². The van der Waals surface area contributed by atoms with E-state index < -0.39 is 0 Å². The number of hydrogen-bond acceptors (Lipinski definition) is 3. The Morgan fingerprint density at radius 2 is 2.44 bits per heavy atom. The Hall–Kier alpha value is -0.770. The fraction of sp³-hybridized carbons (Fsp3) is 0.500. The summed E-state index contributed by atoms with van der Waals surface area (Å²) < 4.78 is 10.7. The third kappa shape index (κ3) is 2.48. The Bertz CT molecular complexity index is 370. The lowest BCUT2D eigenvalue weighted by molar-refractivity contribution is 0.163. The molecule has 0 fully saturated rings. The van der Waals surface area contributed by atoms with Crippen LogP contribution < -0.4 is 10.1 Å². The van der Waals surface area contributed by atoms with Crippen molar-refractivity contribution in [3.8, 4) is 5.75 Å². The molecule has 1 aromatic rings. The fourth-order valence-corrected chi connectivity index (χ4v) is 2.15. The van der Waals surface area contributed by atoms with Gasteiger partial charge in [0.15, 0.2) is 0 Å². The molecule has 0 spiro atoms. The fourth-order valence-electron chi connectivity index (χ4n) is 1.97. The summed E-state index contributed by atoms with van der Waals surface area (Å²) in [4.78, 5) is 0. The van der Waals surface area contributed by atoms with E-state index in [2.05, 4.69) is 12.2 Å². The van der Waals surface area contributed by atoms with Gasteiger partial charge in [-0.25, -0.2) is 0 Å². The highest BCUT2D eigenvalue weighted by molar-refractivity contribution is 6.30. The maximum Gasteiger partial charge on any atom is 0.124 e. The monoisotopic (exact) mass is 241 g/mol. The lowest BCUT2D eigenvalue weighted by Gasteiger charge is -2.17. The molecule has 16 heavy (non-hydrogen) atoms. The molecule has 1 aliphatic rings. The van der Waals surface area contributed by atoms with Crippen LogP contribution in [0.15, 0.2) is 18.2 Å². The predicted molar refractivity (Wildman–Crippen MR) is 64.2 cm³/mol. The largest absolute Gasteiger partial charge is 0.491 e. The first-order valence-corrected chi connectivity index (χ1v) is 5.75. The van der Waals surface area contributed by atoms with Crippen molar-refractivity contribution in [3.63, 3.8) is 0 Å². The molecule has 88 valence electrons. The van der Waals surface area contributed by atoms with Crippen LogP contribution >= 0.6 is 11.6 Å². The topological polar surface area (TPSA) is 30.5 Å². The van der Waals surface area contributed by atoms with Crippen molar-refractivity contribution in [1.82, 2.24) is 5.32 Å². The molecule has 0 amide bonds. The van der Waals surface area contributed by atoms with Crippen LogP contribution in [0.25, 0.3) is 0 Å². The maximum absolute atomic E-state index is 5.98. The molecular formula is C12H16ClNO2. The van der Waals surface area contributed by atoms with Crippen molar-refractivity contribution in [1.29, 1.82) is 0 Å². The van der Waals surface area contributed by atoms with Crippen LogP contribution in [0.2, 0.25) is 5.02 Å². The number of nitrogens with one attached hydrogen (secondary N) is 1. The maximum atomic E-state index is 5.98. The van der Waals surface area contributed by atoms with E-state index in [0.717, 1.165) is 16.3 Å². The Balaban J connectivity index is 2.08. The molecule has 0 bridgehead atoms. The van der Waals surface area contributed by atoms with E-state index in [1.165, 1.54) is 0 Å². The highest BCUT2D eigenvalue weighted by atomic mass is 35.5. The highest BCUT2D eigenvalue weighted by Gasteiger charge is 2.25. The van der Waals surface area contributed by atoms with Crippen LogP contribution in [0.5, 0.6) is 5.75 Å². The number of benzene rings is 1. The Kier molecular flexibility index (Phi) is 3.69. The molecule has 4 heteroatoms. The summed E-state index contributed by atoms with van der Waals surface area (Å²) >= 11 is 5.98. The zero-order valence-corrected chi connectivity index (χ0v) is 10.3. The van der Waals surface area contributed by atoms with Gasteiger partial charge < -0.3 is 14.8 Å². The zero-order valence-electron chi connectivity index (χ0n) is 9.50. The second kappa shape index (κ2) is 5.04. The first-order chi connectivity index (χ1) is 7.70. The first kappa shape index (κ1) is 11.7. The van der Waals surface area contributed by atoms with Crippen molar-refractivity contribution in [2.45, 2.75) is 19.0 Å². The van der Waals surface area contributed by atoms with Crippen LogP contribution in [0, 0.1) is 0 Å². The SMILES string of the molecule is COCC(C)NC1COc2ccc(Cl)cc21. The number of halogens is 1. The van der Waals surface area contributed by atoms with Crippen molar-refractivity contribution in [3.05, 3.63) is 28.8 Å². The normalized spacial score (nSPS) is 20.3. The standard InChI is InChI=1S/C12H16ClNO2/c1-8(6-15-2)14-11-7-16-12-4-3-9(13)5-10(11)12/h3-5,8,11,14H,6-7H2,1-2H3. The van der Waals surface area contributed by atoms with E-state index in [0.29, 0.717) is 19.3 Å². The summed E-state index contributed by atoms with van der Waals surface area (Å²) in [7, 11) is 1.70. The second-order valence-electron chi connectivity index (χ2n) is 4.07. The molecule has 3 nitrogen and oxygen atoms in total. The number of rotatable bonds is 4. The van der Waals surface area contributed by atoms with Gasteiger partial charge in [-0.1, -0.05) is 11.6 Å². The highest BCUT2D eigenvalue weighted by Crippen LogP contribution is 2.34. The Labute approximate surface area is 101 Å². The van der Waals surface area contributed by atoms with Gasteiger partial charge in [0.25, 0.3) is 0 Å². The molecule has 1 N–H and O–H groups in total. The second-order valence-corrected chi connectivity index (χ2v) is 4.51. The number of methoxy groups -OCH3 is 1. The van der Waals surface area contributed by atoms with Gasteiger partial charge in [0.1, 0.15) is 12.4 Å². The van der Waals surface area contributed by atoms with Gasteiger partial charge in [-0.2, -0.15) is 0 Å². The van der Waals surface area contributed by atoms with E-state index in [1.54, 1.807) is 7.11 Å². The number of ether oxygens (including phenoxy) is 2. The molecule has 1 aromatic carbocycles. The van der Waals surface area contributed by atoms with Gasteiger partial charge in [-0.05, 0) is 25.1 Å². The molecule has 0 saturated heterocycles. The average molecular weight is 242 g/mol. The molecule has 0 radical (unpaired) electrons. The van der Waals surface area contributed by atoms with Crippen molar-refractivity contribution in [2.75, 3.05) is 20.3 Å². The van der Waals surface area contributed by atoms with Crippen molar-refractivity contribution >= 4 is 11.6 Å². The minimum atomic E-state index is 0.207. The van der Waals surface area contributed by atoms with Crippen LogP contribution in [0.3, 0.4) is 0 Å². The van der Waals surface area contributed by atoms with Crippen LogP contribution in [0.1, 0.15) is 18.5 Å². The third-order valence-corrected chi connectivity index (χ3v) is 2.89. The molecule has 0 aliphatic carbocycles. The third-order valence-electron chi connectivity index (χ3n) is 2.66. The van der Waals surface area contributed by atoms with Gasteiger partial charge in [0, 0.05) is 23.7 Å². The van der Waals surface area contributed by atoms with Crippen molar-refractivity contribution < 1.29 is 9.47 Å². The number of hydrogen-bond donors (Lipinski definition) is 1. The van der Waals surface area contributed by atoms with Crippen LogP contribution in [-0.4, -0.2) is 26.4 Å². The van der Waals surface area contributed by atoms with E-state index >= 15 is 0 Å².